The molecule has 0 saturated carbocycles. The second kappa shape index (κ2) is 11.2. The lowest BCUT2D eigenvalue weighted by Crippen LogP contribution is -2.42. The van der Waals surface area contributed by atoms with Crippen LogP contribution in [0.15, 0.2) is 18.2 Å². The molecule has 2 amide bonds. The molecule has 1 heterocycles. The number of nitrogens with one attached hydrogen (secondary N) is 2. The van der Waals surface area contributed by atoms with Crippen LogP contribution in [0.25, 0.3) is 0 Å². The van der Waals surface area contributed by atoms with Crippen molar-refractivity contribution in [2.75, 3.05) is 26.2 Å². The van der Waals surface area contributed by atoms with E-state index in [0.29, 0.717) is 19.0 Å². The molecule has 1 atom stereocenters. The van der Waals surface area contributed by atoms with Crippen molar-refractivity contribution in [1.29, 1.82) is 0 Å². The lowest BCUT2D eigenvalue weighted by molar-refractivity contribution is -0.133. The maximum absolute atomic E-state index is 14.1. The topological polar surface area (TPSA) is 61.4 Å². The molecule has 1 fully saturated rings. The Morgan fingerprint density at radius 3 is 2.48 bits per heavy atom. The van der Waals surface area contributed by atoms with Gasteiger partial charge in [0.25, 0.3) is 0 Å². The molecule has 1 unspecified atom stereocenters. The maximum atomic E-state index is 14.1. The van der Waals surface area contributed by atoms with E-state index in [2.05, 4.69) is 17.6 Å². The minimum atomic E-state index is -0.805. The molecule has 2 rings (SSSR count). The van der Waals surface area contributed by atoms with Gasteiger partial charge in [-0.3, -0.25) is 9.59 Å². The monoisotopic (exact) mass is 403 g/mol. The molecular weight excluding hydrogens is 376 g/mol. The number of carbonyl (C=O) groups is 2. The SMILES string of the molecule is CCNCC1CCN(C(=O)CC(NC(C)=O)c2ccc(F)cc2F)CC1.Cl. The number of hydrogen-bond donors (Lipinski definition) is 2. The van der Waals surface area contributed by atoms with Crippen molar-refractivity contribution < 1.29 is 18.4 Å². The van der Waals surface area contributed by atoms with Gasteiger partial charge in [0.2, 0.25) is 11.8 Å². The number of likely N-dealkylation sites (tertiary alicyclic amines) is 1. The molecule has 0 aromatic heterocycles. The van der Waals surface area contributed by atoms with E-state index in [1.807, 2.05) is 0 Å². The fourth-order valence-electron chi connectivity index (χ4n) is 3.31. The van der Waals surface area contributed by atoms with Crippen molar-refractivity contribution in [2.24, 2.45) is 5.92 Å². The van der Waals surface area contributed by atoms with Gasteiger partial charge in [-0.15, -0.1) is 12.4 Å². The summed E-state index contributed by atoms with van der Waals surface area (Å²) in [6.07, 6.45) is 1.81. The number of rotatable bonds is 7. The molecule has 152 valence electrons. The fraction of sp³-hybridized carbons (Fsp3) is 0.579. The van der Waals surface area contributed by atoms with Crippen molar-refractivity contribution in [1.82, 2.24) is 15.5 Å². The van der Waals surface area contributed by atoms with Crippen LogP contribution in [-0.2, 0) is 9.59 Å². The zero-order valence-electron chi connectivity index (χ0n) is 15.8. The summed E-state index contributed by atoms with van der Waals surface area (Å²) in [4.78, 5) is 25.9. The zero-order chi connectivity index (χ0) is 19.1. The quantitative estimate of drug-likeness (QED) is 0.736. The summed E-state index contributed by atoms with van der Waals surface area (Å²) < 4.78 is 27.2. The Bertz CT molecular complexity index is 637. The third-order valence-corrected chi connectivity index (χ3v) is 4.74. The summed E-state index contributed by atoms with van der Waals surface area (Å²) in [7, 11) is 0. The van der Waals surface area contributed by atoms with Crippen LogP contribution in [0.5, 0.6) is 0 Å². The van der Waals surface area contributed by atoms with Gasteiger partial charge in [0.1, 0.15) is 11.6 Å². The van der Waals surface area contributed by atoms with E-state index in [-0.39, 0.29) is 36.2 Å². The second-order valence-electron chi connectivity index (χ2n) is 6.75. The molecule has 2 N–H and O–H groups in total. The van der Waals surface area contributed by atoms with Crippen LogP contribution >= 0.6 is 12.4 Å². The Morgan fingerprint density at radius 2 is 1.93 bits per heavy atom. The van der Waals surface area contributed by atoms with Crippen LogP contribution in [0.2, 0.25) is 0 Å². The predicted octanol–water partition coefficient (Wildman–Crippen LogP) is 2.80. The highest BCUT2D eigenvalue weighted by atomic mass is 35.5. The smallest absolute Gasteiger partial charge is 0.224 e. The lowest BCUT2D eigenvalue weighted by atomic mass is 9.95. The van der Waals surface area contributed by atoms with Gasteiger partial charge in [-0.1, -0.05) is 13.0 Å². The Morgan fingerprint density at radius 1 is 1.26 bits per heavy atom. The first kappa shape index (κ1) is 23.3. The van der Waals surface area contributed by atoms with E-state index in [1.54, 1.807) is 4.90 Å². The minimum Gasteiger partial charge on any atom is -0.349 e. The van der Waals surface area contributed by atoms with Crippen LogP contribution in [0.4, 0.5) is 8.78 Å². The molecule has 0 spiro atoms. The van der Waals surface area contributed by atoms with E-state index in [1.165, 1.54) is 13.0 Å². The molecular formula is C19H28ClF2N3O2. The number of amides is 2. The largest absolute Gasteiger partial charge is 0.349 e. The highest BCUT2D eigenvalue weighted by Crippen LogP contribution is 2.24. The number of hydrogen-bond acceptors (Lipinski definition) is 3. The van der Waals surface area contributed by atoms with Gasteiger partial charge < -0.3 is 15.5 Å². The minimum absolute atomic E-state index is 0. The predicted molar refractivity (Wildman–Crippen MR) is 103 cm³/mol. The highest BCUT2D eigenvalue weighted by Gasteiger charge is 2.27. The van der Waals surface area contributed by atoms with E-state index in [4.69, 9.17) is 0 Å². The third-order valence-electron chi connectivity index (χ3n) is 4.74. The standard InChI is InChI=1S/C19H27F2N3O2.ClH/c1-3-22-12-14-6-8-24(9-7-14)19(26)11-18(23-13(2)25)16-5-4-15(20)10-17(16)21;/h4-5,10,14,18,22H,3,6-9,11-12H2,1-2H3,(H,23,25);1H. The molecule has 1 saturated heterocycles. The van der Waals surface area contributed by atoms with Crippen LogP contribution < -0.4 is 10.6 Å². The average Bonchev–Trinajstić information content (AvgIpc) is 2.59. The molecule has 1 aromatic carbocycles. The van der Waals surface area contributed by atoms with Crippen molar-refractivity contribution in [3.05, 3.63) is 35.4 Å². The Balaban J connectivity index is 0.00000364. The first-order valence-corrected chi connectivity index (χ1v) is 9.11. The van der Waals surface area contributed by atoms with Crippen molar-refractivity contribution in [3.63, 3.8) is 0 Å². The lowest BCUT2D eigenvalue weighted by Gasteiger charge is -2.33. The van der Waals surface area contributed by atoms with Gasteiger partial charge in [0.05, 0.1) is 12.5 Å². The highest BCUT2D eigenvalue weighted by molar-refractivity contribution is 5.85. The van der Waals surface area contributed by atoms with Gasteiger partial charge in [-0.25, -0.2) is 8.78 Å². The normalized spacial score (nSPS) is 15.8. The molecule has 1 aliphatic heterocycles. The van der Waals surface area contributed by atoms with Gasteiger partial charge in [-0.05, 0) is 37.9 Å². The summed E-state index contributed by atoms with van der Waals surface area (Å²) in [5, 5.41) is 5.93. The van der Waals surface area contributed by atoms with Crippen LogP contribution in [0, 0.1) is 17.6 Å². The molecule has 27 heavy (non-hydrogen) atoms. The van der Waals surface area contributed by atoms with Gasteiger partial charge >= 0.3 is 0 Å². The number of benzene rings is 1. The molecule has 5 nitrogen and oxygen atoms in total. The molecule has 0 radical (unpaired) electrons. The molecule has 8 heteroatoms. The third kappa shape index (κ3) is 7.07. The van der Waals surface area contributed by atoms with E-state index in [0.717, 1.165) is 38.1 Å². The first-order chi connectivity index (χ1) is 12.4. The summed E-state index contributed by atoms with van der Waals surface area (Å²) in [6.45, 7) is 6.58. The fourth-order valence-corrected chi connectivity index (χ4v) is 3.31. The maximum Gasteiger partial charge on any atom is 0.224 e. The van der Waals surface area contributed by atoms with E-state index >= 15 is 0 Å². The van der Waals surface area contributed by atoms with Crippen molar-refractivity contribution in [2.45, 2.75) is 39.2 Å². The van der Waals surface area contributed by atoms with E-state index in [9.17, 15) is 18.4 Å². The number of halogens is 3. The van der Waals surface area contributed by atoms with Gasteiger partial charge in [-0.2, -0.15) is 0 Å². The van der Waals surface area contributed by atoms with E-state index < -0.39 is 17.7 Å². The summed E-state index contributed by atoms with van der Waals surface area (Å²) >= 11 is 0. The average molecular weight is 404 g/mol. The molecule has 0 aliphatic carbocycles. The van der Waals surface area contributed by atoms with Crippen LogP contribution in [-0.4, -0.2) is 42.9 Å². The summed E-state index contributed by atoms with van der Waals surface area (Å²) in [5.74, 6) is -1.40. The molecule has 1 aromatic rings. The Kier molecular flexibility index (Phi) is 9.66. The van der Waals surface area contributed by atoms with Gasteiger partial charge in [0, 0.05) is 31.6 Å². The molecule has 1 aliphatic rings. The van der Waals surface area contributed by atoms with Gasteiger partial charge in [0.15, 0.2) is 0 Å². The first-order valence-electron chi connectivity index (χ1n) is 9.11. The Labute approximate surface area is 165 Å². The van der Waals surface area contributed by atoms with Crippen molar-refractivity contribution in [3.8, 4) is 0 Å². The Hall–Kier alpha value is -1.73. The molecule has 0 bridgehead atoms. The number of nitrogens with zero attached hydrogens (tertiary/aromatic N) is 1. The second-order valence-corrected chi connectivity index (χ2v) is 6.75. The summed E-state index contributed by atoms with van der Waals surface area (Å²) in [5.41, 5.74) is 0.122. The zero-order valence-corrected chi connectivity index (χ0v) is 16.6. The summed E-state index contributed by atoms with van der Waals surface area (Å²) in [6, 6.07) is 2.37. The van der Waals surface area contributed by atoms with Crippen molar-refractivity contribution >= 4 is 24.2 Å². The number of carbonyl (C=O) groups excluding carboxylic acids is 2. The van der Waals surface area contributed by atoms with Crippen LogP contribution in [0.3, 0.4) is 0 Å². The number of piperidine rings is 1. The van der Waals surface area contributed by atoms with Crippen LogP contribution in [0.1, 0.15) is 44.7 Å².